The monoisotopic (exact) mass is 251 g/mol. The van der Waals surface area contributed by atoms with Gasteiger partial charge in [0.1, 0.15) is 0 Å². The molecule has 16 heavy (non-hydrogen) atoms. The molecule has 96 valence electrons. The molecule has 0 aromatic rings. The molecule has 0 aromatic heterocycles. The first-order valence-corrected chi connectivity index (χ1v) is 6.98. The molecule has 0 heterocycles. The van der Waals surface area contributed by atoms with Gasteiger partial charge in [-0.1, -0.05) is 6.92 Å². The number of hydrogen-bond acceptors (Lipinski definition) is 4. The molecule has 0 rings (SSSR count). The minimum atomic E-state index is -3.26. The Morgan fingerprint density at radius 2 is 1.94 bits per heavy atom. The lowest BCUT2D eigenvalue weighted by molar-refractivity contribution is -0.120. The molecule has 1 unspecified atom stereocenters. The third-order valence-corrected chi connectivity index (χ3v) is 2.93. The van der Waals surface area contributed by atoms with Crippen molar-refractivity contribution < 1.29 is 13.2 Å². The van der Waals surface area contributed by atoms with E-state index in [9.17, 15) is 13.2 Å². The van der Waals surface area contributed by atoms with Gasteiger partial charge in [-0.3, -0.25) is 4.79 Å². The largest absolute Gasteiger partial charge is 0.368 e. The predicted octanol–water partition coefficient (Wildman–Crippen LogP) is -0.832. The van der Waals surface area contributed by atoms with Crippen LogP contribution < -0.4 is 15.8 Å². The predicted molar refractivity (Wildman–Crippen MR) is 63.3 cm³/mol. The van der Waals surface area contributed by atoms with E-state index in [2.05, 4.69) is 10.0 Å². The second-order valence-corrected chi connectivity index (χ2v) is 6.25. The lowest BCUT2D eigenvalue weighted by Crippen LogP contribution is -2.53. The normalized spacial score (nSPS) is 14.8. The van der Waals surface area contributed by atoms with Crippen molar-refractivity contribution >= 4 is 15.9 Å². The molecule has 0 aliphatic rings. The number of sulfonamides is 1. The zero-order valence-corrected chi connectivity index (χ0v) is 11.0. The van der Waals surface area contributed by atoms with Crippen LogP contribution in [0.5, 0.6) is 0 Å². The average Bonchev–Trinajstić information content (AvgIpc) is 1.99. The molecule has 0 saturated heterocycles. The quantitative estimate of drug-likeness (QED) is 0.549. The van der Waals surface area contributed by atoms with Crippen molar-refractivity contribution in [1.82, 2.24) is 10.0 Å². The van der Waals surface area contributed by atoms with Gasteiger partial charge >= 0.3 is 0 Å². The number of amides is 1. The Kier molecular flexibility index (Phi) is 5.37. The molecule has 0 aliphatic heterocycles. The van der Waals surface area contributed by atoms with E-state index < -0.39 is 27.5 Å². The minimum Gasteiger partial charge on any atom is -0.368 e. The van der Waals surface area contributed by atoms with E-state index in [1.807, 2.05) is 6.92 Å². The Morgan fingerprint density at radius 1 is 1.44 bits per heavy atom. The van der Waals surface area contributed by atoms with Crippen LogP contribution in [0.1, 0.15) is 27.2 Å². The van der Waals surface area contributed by atoms with Gasteiger partial charge in [0.15, 0.2) is 0 Å². The van der Waals surface area contributed by atoms with E-state index in [4.69, 9.17) is 5.73 Å². The second kappa shape index (κ2) is 5.60. The maximum atomic E-state index is 11.1. The molecule has 6 nitrogen and oxygen atoms in total. The Hall–Kier alpha value is -0.660. The Balaban J connectivity index is 4.33. The van der Waals surface area contributed by atoms with Crippen molar-refractivity contribution in [3.8, 4) is 0 Å². The van der Waals surface area contributed by atoms with E-state index >= 15 is 0 Å². The summed E-state index contributed by atoms with van der Waals surface area (Å²) < 4.78 is 24.6. The van der Waals surface area contributed by atoms with E-state index in [1.54, 1.807) is 13.8 Å². The number of rotatable bonds is 7. The molecule has 1 amide bonds. The number of nitrogens with two attached hydrogens (primary N) is 1. The summed E-state index contributed by atoms with van der Waals surface area (Å²) in [6, 6.07) is -0.430. The van der Waals surface area contributed by atoms with Crippen LogP contribution in [0.25, 0.3) is 0 Å². The summed E-state index contributed by atoms with van der Waals surface area (Å²) in [5.74, 6) is -0.433. The zero-order valence-electron chi connectivity index (χ0n) is 10.2. The van der Waals surface area contributed by atoms with Gasteiger partial charge < -0.3 is 11.1 Å². The third kappa shape index (κ3) is 6.76. The van der Waals surface area contributed by atoms with Crippen LogP contribution in [0.3, 0.4) is 0 Å². The number of primary amides is 1. The first kappa shape index (κ1) is 15.3. The van der Waals surface area contributed by atoms with Crippen LogP contribution in [0.2, 0.25) is 0 Å². The molecule has 1 atom stereocenters. The summed E-state index contributed by atoms with van der Waals surface area (Å²) >= 11 is 0. The molecule has 0 saturated carbocycles. The summed E-state index contributed by atoms with van der Waals surface area (Å²) in [4.78, 5) is 11.0. The van der Waals surface area contributed by atoms with Gasteiger partial charge in [-0.15, -0.1) is 0 Å². The highest BCUT2D eigenvalue weighted by molar-refractivity contribution is 7.88. The molecule has 0 aromatic carbocycles. The van der Waals surface area contributed by atoms with Crippen LogP contribution in [0.15, 0.2) is 0 Å². The summed E-state index contributed by atoms with van der Waals surface area (Å²) in [5, 5.41) is 2.93. The molecule has 0 aliphatic carbocycles. The number of nitrogens with one attached hydrogen (secondary N) is 2. The van der Waals surface area contributed by atoms with Gasteiger partial charge in [0.2, 0.25) is 15.9 Å². The summed E-state index contributed by atoms with van der Waals surface area (Å²) in [7, 11) is -3.26. The third-order valence-electron chi connectivity index (χ3n) is 2.00. The van der Waals surface area contributed by atoms with Gasteiger partial charge in [0, 0.05) is 12.1 Å². The van der Waals surface area contributed by atoms with Gasteiger partial charge in [0.25, 0.3) is 0 Å². The second-order valence-electron chi connectivity index (χ2n) is 4.50. The Bertz CT molecular complexity index is 338. The summed E-state index contributed by atoms with van der Waals surface area (Å²) in [5.41, 5.74) is 4.51. The van der Waals surface area contributed by atoms with E-state index in [0.29, 0.717) is 13.0 Å². The highest BCUT2D eigenvalue weighted by Gasteiger charge is 2.24. The highest BCUT2D eigenvalue weighted by Crippen LogP contribution is 2.03. The molecular weight excluding hydrogens is 230 g/mol. The molecule has 0 bridgehead atoms. The first-order valence-electron chi connectivity index (χ1n) is 5.09. The average molecular weight is 251 g/mol. The highest BCUT2D eigenvalue weighted by atomic mass is 32.2. The maximum absolute atomic E-state index is 11.1. The Labute approximate surface area is 97.0 Å². The topological polar surface area (TPSA) is 101 Å². The van der Waals surface area contributed by atoms with E-state index in [-0.39, 0.29) is 0 Å². The molecule has 7 heteroatoms. The molecular formula is C9H21N3O3S. The van der Waals surface area contributed by atoms with Crippen LogP contribution in [-0.4, -0.2) is 38.7 Å². The van der Waals surface area contributed by atoms with Crippen molar-refractivity contribution in [3.63, 3.8) is 0 Å². The van der Waals surface area contributed by atoms with Crippen LogP contribution in [0, 0.1) is 0 Å². The zero-order chi connectivity index (χ0) is 13.0. The fourth-order valence-electron chi connectivity index (χ4n) is 1.36. The molecule has 0 radical (unpaired) electrons. The smallest absolute Gasteiger partial charge is 0.234 e. The van der Waals surface area contributed by atoms with Gasteiger partial charge in [0.05, 0.1) is 12.3 Å². The minimum absolute atomic E-state index is 0.335. The first-order chi connectivity index (χ1) is 7.07. The van der Waals surface area contributed by atoms with Crippen molar-refractivity contribution in [3.05, 3.63) is 0 Å². The number of carbonyl (C=O) groups excluding carboxylic acids is 1. The van der Waals surface area contributed by atoms with Gasteiger partial charge in [-0.05, 0) is 20.3 Å². The molecule has 0 spiro atoms. The number of carbonyl (C=O) groups is 1. The maximum Gasteiger partial charge on any atom is 0.234 e. The lowest BCUT2D eigenvalue weighted by atomic mass is 10.1. The van der Waals surface area contributed by atoms with Crippen molar-refractivity contribution in [2.75, 3.05) is 12.8 Å². The van der Waals surface area contributed by atoms with Crippen LogP contribution >= 0.6 is 0 Å². The number of hydrogen-bond donors (Lipinski definition) is 3. The van der Waals surface area contributed by atoms with Gasteiger partial charge in [-0.25, -0.2) is 13.1 Å². The summed E-state index contributed by atoms with van der Waals surface area (Å²) in [6.45, 7) is 5.63. The van der Waals surface area contributed by atoms with Gasteiger partial charge in [-0.2, -0.15) is 0 Å². The fraction of sp³-hybridized carbons (Fsp3) is 0.889. The van der Waals surface area contributed by atoms with Crippen molar-refractivity contribution in [2.24, 2.45) is 5.73 Å². The fourth-order valence-corrected chi connectivity index (χ4v) is 2.44. The van der Waals surface area contributed by atoms with Crippen molar-refractivity contribution in [1.29, 1.82) is 0 Å². The van der Waals surface area contributed by atoms with Crippen LogP contribution in [0.4, 0.5) is 0 Å². The van der Waals surface area contributed by atoms with Crippen molar-refractivity contribution in [2.45, 2.75) is 38.8 Å². The van der Waals surface area contributed by atoms with E-state index in [0.717, 1.165) is 6.26 Å². The lowest BCUT2D eigenvalue weighted by Gasteiger charge is -2.27. The summed E-state index contributed by atoms with van der Waals surface area (Å²) in [6.07, 6.45) is 1.67. The van der Waals surface area contributed by atoms with Crippen LogP contribution in [-0.2, 0) is 14.8 Å². The Morgan fingerprint density at radius 3 is 2.25 bits per heavy atom. The molecule has 4 N–H and O–H groups in total. The standard InChI is InChI=1S/C9H21N3O3S/c1-5-7(8(10)13)11-6-9(2,3)12-16(4,14)15/h7,11-12H,5-6H2,1-4H3,(H2,10,13). The SMILES string of the molecule is CCC(NCC(C)(C)NS(C)(=O)=O)C(N)=O. The van der Waals surface area contributed by atoms with E-state index in [1.165, 1.54) is 0 Å². The molecule has 0 fully saturated rings.